The summed E-state index contributed by atoms with van der Waals surface area (Å²) in [6.45, 7) is 0. The largest absolute Gasteiger partial charge is 0.477 e. The second kappa shape index (κ2) is 7.11. The van der Waals surface area contributed by atoms with Gasteiger partial charge in [0.05, 0.1) is 5.69 Å². The number of nitrogens with zero attached hydrogens (tertiary/aromatic N) is 3. The van der Waals surface area contributed by atoms with Gasteiger partial charge in [0.15, 0.2) is 5.65 Å². The van der Waals surface area contributed by atoms with E-state index >= 15 is 0 Å². The normalized spacial score (nSPS) is 15.4. The van der Waals surface area contributed by atoms with E-state index in [1.54, 1.807) is 22.5 Å². The van der Waals surface area contributed by atoms with Crippen LogP contribution in [0.25, 0.3) is 16.8 Å². The zero-order chi connectivity index (χ0) is 18.1. The molecule has 0 bridgehead atoms. The van der Waals surface area contributed by atoms with Crippen molar-refractivity contribution in [3.63, 3.8) is 0 Å². The molecule has 0 aliphatic heterocycles. The van der Waals surface area contributed by atoms with Crippen molar-refractivity contribution in [3.05, 3.63) is 47.9 Å². The van der Waals surface area contributed by atoms with Crippen molar-refractivity contribution in [2.75, 3.05) is 6.26 Å². The summed E-state index contributed by atoms with van der Waals surface area (Å²) < 4.78 is 1.64. The van der Waals surface area contributed by atoms with Crippen molar-refractivity contribution in [2.24, 2.45) is 0 Å². The lowest BCUT2D eigenvalue weighted by atomic mass is 9.85. The molecule has 2 aromatic heterocycles. The van der Waals surface area contributed by atoms with Crippen LogP contribution in [0.4, 0.5) is 0 Å². The number of carboxylic acid groups (broad SMARTS) is 1. The van der Waals surface area contributed by atoms with Gasteiger partial charge in [0.1, 0.15) is 5.56 Å². The topological polar surface area (TPSA) is 67.5 Å². The van der Waals surface area contributed by atoms with Crippen molar-refractivity contribution in [3.8, 4) is 11.1 Å². The van der Waals surface area contributed by atoms with E-state index in [0.717, 1.165) is 36.8 Å². The minimum Gasteiger partial charge on any atom is -0.477 e. The monoisotopic (exact) mass is 367 g/mol. The quantitative estimate of drug-likeness (QED) is 0.667. The number of benzene rings is 1. The molecule has 4 rings (SSSR count). The van der Waals surface area contributed by atoms with Gasteiger partial charge >= 0.3 is 5.97 Å². The SMILES string of the molecule is CSc1ccc(-c2cnc3c(C(=O)O)c(C4CCCCC4)nn3c2)cc1. The summed E-state index contributed by atoms with van der Waals surface area (Å²) in [4.78, 5) is 17.5. The molecule has 0 saturated heterocycles. The first-order valence-electron chi connectivity index (χ1n) is 8.93. The van der Waals surface area contributed by atoms with Gasteiger partial charge in [-0.3, -0.25) is 0 Å². The van der Waals surface area contributed by atoms with Crippen molar-refractivity contribution >= 4 is 23.4 Å². The molecule has 3 aromatic rings. The second-order valence-corrected chi connectivity index (χ2v) is 7.62. The van der Waals surface area contributed by atoms with Crippen molar-refractivity contribution in [1.82, 2.24) is 14.6 Å². The predicted octanol–water partition coefficient (Wildman–Crippen LogP) is 4.86. The number of hydrogen-bond donors (Lipinski definition) is 1. The molecular weight excluding hydrogens is 346 g/mol. The van der Waals surface area contributed by atoms with Gasteiger partial charge in [-0.2, -0.15) is 5.10 Å². The van der Waals surface area contributed by atoms with Crippen LogP contribution in [0.2, 0.25) is 0 Å². The fourth-order valence-corrected chi connectivity index (χ4v) is 4.16. The molecule has 1 N–H and O–H groups in total. The summed E-state index contributed by atoms with van der Waals surface area (Å²) in [5.74, 6) is -0.717. The number of carbonyl (C=O) groups is 1. The third kappa shape index (κ3) is 3.09. The van der Waals surface area contributed by atoms with Crippen molar-refractivity contribution in [2.45, 2.75) is 42.9 Å². The molecule has 0 atom stereocenters. The number of fused-ring (bicyclic) bond motifs is 1. The highest BCUT2D eigenvalue weighted by Gasteiger charge is 2.27. The molecule has 0 spiro atoms. The molecule has 5 nitrogen and oxygen atoms in total. The van der Waals surface area contributed by atoms with Gasteiger partial charge in [0.25, 0.3) is 0 Å². The maximum atomic E-state index is 11.9. The summed E-state index contributed by atoms with van der Waals surface area (Å²) in [5.41, 5.74) is 3.37. The zero-order valence-corrected chi connectivity index (χ0v) is 15.5. The molecule has 134 valence electrons. The van der Waals surface area contributed by atoms with Crippen LogP contribution >= 0.6 is 11.8 Å². The Hall–Kier alpha value is -2.34. The van der Waals surface area contributed by atoms with Crippen LogP contribution in [-0.2, 0) is 0 Å². The van der Waals surface area contributed by atoms with Crippen LogP contribution in [0.3, 0.4) is 0 Å². The molecule has 0 unspecified atom stereocenters. The highest BCUT2D eigenvalue weighted by Crippen LogP contribution is 2.35. The average Bonchev–Trinajstić information content (AvgIpc) is 3.07. The van der Waals surface area contributed by atoms with Crippen LogP contribution < -0.4 is 0 Å². The van der Waals surface area contributed by atoms with Gasteiger partial charge in [-0.05, 0) is 36.8 Å². The average molecular weight is 367 g/mol. The third-order valence-electron chi connectivity index (χ3n) is 5.13. The molecule has 26 heavy (non-hydrogen) atoms. The highest BCUT2D eigenvalue weighted by atomic mass is 32.2. The lowest BCUT2D eigenvalue weighted by Gasteiger charge is -2.19. The summed E-state index contributed by atoms with van der Waals surface area (Å²) in [6.07, 6.45) is 11.2. The van der Waals surface area contributed by atoms with Gasteiger partial charge in [0, 0.05) is 28.8 Å². The van der Waals surface area contributed by atoms with Gasteiger partial charge in [0.2, 0.25) is 0 Å². The van der Waals surface area contributed by atoms with E-state index in [2.05, 4.69) is 34.3 Å². The maximum absolute atomic E-state index is 11.9. The lowest BCUT2D eigenvalue weighted by molar-refractivity contribution is 0.0696. The summed E-state index contributed by atoms with van der Waals surface area (Å²) >= 11 is 1.70. The molecule has 1 aliphatic rings. The first kappa shape index (κ1) is 17.1. The lowest BCUT2D eigenvalue weighted by Crippen LogP contribution is -2.10. The van der Waals surface area contributed by atoms with Crippen LogP contribution in [0.15, 0.2) is 41.6 Å². The number of carboxylic acids is 1. The first-order valence-corrected chi connectivity index (χ1v) is 10.2. The van der Waals surface area contributed by atoms with Gasteiger partial charge in [-0.15, -0.1) is 11.8 Å². The van der Waals surface area contributed by atoms with E-state index in [9.17, 15) is 9.90 Å². The Morgan fingerprint density at radius 3 is 2.54 bits per heavy atom. The predicted molar refractivity (Wildman–Crippen MR) is 103 cm³/mol. The van der Waals surface area contributed by atoms with Crippen molar-refractivity contribution < 1.29 is 9.90 Å². The van der Waals surface area contributed by atoms with E-state index in [4.69, 9.17) is 0 Å². The summed E-state index contributed by atoms with van der Waals surface area (Å²) in [7, 11) is 0. The minimum absolute atomic E-state index is 0.223. The van der Waals surface area contributed by atoms with Gasteiger partial charge < -0.3 is 5.11 Å². The Balaban J connectivity index is 1.79. The number of aromatic carboxylic acids is 1. The molecule has 0 radical (unpaired) electrons. The fourth-order valence-electron chi connectivity index (χ4n) is 3.75. The number of hydrogen-bond acceptors (Lipinski definition) is 4. The Kier molecular flexibility index (Phi) is 4.68. The smallest absolute Gasteiger partial charge is 0.341 e. The van der Waals surface area contributed by atoms with Crippen LogP contribution in [0, 0.1) is 0 Å². The highest BCUT2D eigenvalue weighted by molar-refractivity contribution is 7.98. The van der Waals surface area contributed by atoms with E-state index in [-0.39, 0.29) is 11.5 Å². The fraction of sp³-hybridized carbons (Fsp3) is 0.350. The minimum atomic E-state index is -0.940. The van der Waals surface area contributed by atoms with Gasteiger partial charge in [-0.1, -0.05) is 31.4 Å². The van der Waals surface area contributed by atoms with E-state index in [1.165, 1.54) is 11.3 Å². The molecular formula is C20H21N3O2S. The molecule has 0 amide bonds. The Bertz CT molecular complexity index is 944. The molecule has 2 heterocycles. The van der Waals surface area contributed by atoms with Crippen LogP contribution in [-0.4, -0.2) is 31.9 Å². The summed E-state index contributed by atoms with van der Waals surface area (Å²) in [5, 5.41) is 14.4. The molecule has 6 heteroatoms. The zero-order valence-electron chi connectivity index (χ0n) is 14.7. The molecule has 1 aliphatic carbocycles. The Morgan fingerprint density at radius 2 is 1.88 bits per heavy atom. The number of aromatic nitrogens is 3. The molecule has 1 fully saturated rings. The van der Waals surface area contributed by atoms with Gasteiger partial charge in [-0.25, -0.2) is 14.3 Å². The van der Waals surface area contributed by atoms with E-state index in [1.807, 2.05) is 12.5 Å². The third-order valence-corrected chi connectivity index (χ3v) is 5.87. The van der Waals surface area contributed by atoms with E-state index < -0.39 is 5.97 Å². The van der Waals surface area contributed by atoms with Crippen molar-refractivity contribution in [1.29, 1.82) is 0 Å². The first-order chi connectivity index (χ1) is 12.7. The Morgan fingerprint density at radius 1 is 1.15 bits per heavy atom. The second-order valence-electron chi connectivity index (χ2n) is 6.74. The van der Waals surface area contributed by atoms with E-state index in [0.29, 0.717) is 11.3 Å². The summed E-state index contributed by atoms with van der Waals surface area (Å²) in [6, 6.07) is 8.25. The molecule has 1 saturated carbocycles. The Labute approximate surface area is 156 Å². The number of rotatable bonds is 4. The van der Waals surface area contributed by atoms with Crippen LogP contribution in [0.1, 0.15) is 54.1 Å². The maximum Gasteiger partial charge on any atom is 0.341 e. The molecule has 1 aromatic carbocycles. The van der Waals surface area contributed by atoms with Crippen LogP contribution in [0.5, 0.6) is 0 Å². The standard InChI is InChI=1S/C20H21N3O2S/c1-26-16-9-7-13(8-10-16)15-11-21-19-17(20(24)25)18(22-23(19)12-15)14-5-3-2-4-6-14/h7-12,14H,2-6H2,1H3,(H,24,25). The number of thioether (sulfide) groups is 1.